The lowest BCUT2D eigenvalue weighted by molar-refractivity contribution is 0.659. The summed E-state index contributed by atoms with van der Waals surface area (Å²) < 4.78 is 1.94. The first-order valence-corrected chi connectivity index (χ1v) is 4.09. The molecule has 0 aliphatic heterocycles. The predicted octanol–water partition coefficient (Wildman–Crippen LogP) is 0.718. The molecule has 11 heavy (non-hydrogen) atoms. The first kappa shape index (κ1) is 6.85. The van der Waals surface area contributed by atoms with Crippen LogP contribution in [0.3, 0.4) is 0 Å². The summed E-state index contributed by atoms with van der Waals surface area (Å²) in [6, 6.07) is 0.393. The Labute approximate surface area is 66.2 Å². The second-order valence-electron chi connectivity index (χ2n) is 3.14. The molecular formula is C8H13N3. The van der Waals surface area contributed by atoms with Crippen LogP contribution < -0.4 is 5.73 Å². The number of aryl methyl sites for hydroxylation is 1. The van der Waals surface area contributed by atoms with Crippen LogP contribution >= 0.6 is 0 Å². The third kappa shape index (κ3) is 1.16. The van der Waals surface area contributed by atoms with Gasteiger partial charge in [0, 0.05) is 24.7 Å². The van der Waals surface area contributed by atoms with Gasteiger partial charge in [-0.25, -0.2) is 0 Å². The fourth-order valence-corrected chi connectivity index (χ4v) is 1.34. The van der Waals surface area contributed by atoms with Crippen molar-refractivity contribution in [2.45, 2.75) is 31.8 Å². The Kier molecular flexibility index (Phi) is 1.46. The minimum absolute atomic E-state index is 0.393. The monoisotopic (exact) mass is 151 g/mol. The van der Waals surface area contributed by atoms with Gasteiger partial charge in [0.05, 0.1) is 6.20 Å². The van der Waals surface area contributed by atoms with E-state index in [4.69, 9.17) is 5.73 Å². The molecule has 1 aliphatic carbocycles. The smallest absolute Gasteiger partial charge is 0.0525 e. The van der Waals surface area contributed by atoms with Crippen LogP contribution in [-0.2, 0) is 6.54 Å². The Hall–Kier alpha value is -0.830. The standard InChI is InChI=1S/C8H13N3/c1-2-11-5-6(4-10-11)7-3-8(7)9/h4-5,7-8H,2-3,9H2,1H3/t7-,8+/m0/s1. The predicted molar refractivity (Wildman–Crippen MR) is 43.2 cm³/mol. The van der Waals surface area contributed by atoms with Gasteiger partial charge in [-0.1, -0.05) is 0 Å². The van der Waals surface area contributed by atoms with Gasteiger partial charge in [-0.2, -0.15) is 5.10 Å². The molecule has 2 N–H and O–H groups in total. The molecule has 1 aromatic rings. The highest BCUT2D eigenvalue weighted by Gasteiger charge is 2.35. The van der Waals surface area contributed by atoms with Crippen molar-refractivity contribution >= 4 is 0 Å². The van der Waals surface area contributed by atoms with Crippen molar-refractivity contribution < 1.29 is 0 Å². The van der Waals surface area contributed by atoms with Crippen molar-refractivity contribution in [1.29, 1.82) is 0 Å². The van der Waals surface area contributed by atoms with Crippen molar-refractivity contribution in [1.82, 2.24) is 9.78 Å². The highest BCUT2D eigenvalue weighted by Crippen LogP contribution is 2.38. The Morgan fingerprint density at radius 3 is 3.00 bits per heavy atom. The molecule has 1 heterocycles. The third-order valence-electron chi connectivity index (χ3n) is 2.25. The molecule has 1 saturated carbocycles. The molecular weight excluding hydrogens is 138 g/mol. The maximum absolute atomic E-state index is 5.71. The van der Waals surface area contributed by atoms with Gasteiger partial charge < -0.3 is 5.73 Å². The van der Waals surface area contributed by atoms with E-state index in [-0.39, 0.29) is 0 Å². The molecule has 0 saturated heterocycles. The van der Waals surface area contributed by atoms with Gasteiger partial charge in [-0.15, -0.1) is 0 Å². The van der Waals surface area contributed by atoms with Gasteiger partial charge in [-0.05, 0) is 18.9 Å². The quantitative estimate of drug-likeness (QED) is 0.676. The van der Waals surface area contributed by atoms with Crippen LogP contribution in [0.25, 0.3) is 0 Å². The number of hydrogen-bond donors (Lipinski definition) is 1. The van der Waals surface area contributed by atoms with Crippen LogP contribution in [0.5, 0.6) is 0 Å². The van der Waals surface area contributed by atoms with Crippen molar-refractivity contribution in [2.24, 2.45) is 5.73 Å². The zero-order chi connectivity index (χ0) is 7.84. The highest BCUT2D eigenvalue weighted by atomic mass is 15.3. The van der Waals surface area contributed by atoms with Crippen LogP contribution in [0.4, 0.5) is 0 Å². The van der Waals surface area contributed by atoms with Crippen LogP contribution in [0.2, 0.25) is 0 Å². The van der Waals surface area contributed by atoms with Crippen molar-refractivity contribution in [3.63, 3.8) is 0 Å². The fraction of sp³-hybridized carbons (Fsp3) is 0.625. The number of hydrogen-bond acceptors (Lipinski definition) is 2. The van der Waals surface area contributed by atoms with E-state index in [9.17, 15) is 0 Å². The van der Waals surface area contributed by atoms with E-state index in [0.717, 1.165) is 13.0 Å². The molecule has 2 atom stereocenters. The summed E-state index contributed by atoms with van der Waals surface area (Å²) in [5.41, 5.74) is 7.02. The highest BCUT2D eigenvalue weighted by molar-refractivity contribution is 5.22. The zero-order valence-corrected chi connectivity index (χ0v) is 6.70. The molecule has 0 bridgehead atoms. The van der Waals surface area contributed by atoms with Gasteiger partial charge in [0.1, 0.15) is 0 Å². The lowest BCUT2D eigenvalue weighted by Gasteiger charge is -1.91. The van der Waals surface area contributed by atoms with Crippen LogP contribution in [0, 0.1) is 0 Å². The summed E-state index contributed by atoms with van der Waals surface area (Å²) in [5.74, 6) is 0.593. The van der Waals surface area contributed by atoms with Crippen LogP contribution in [-0.4, -0.2) is 15.8 Å². The normalized spacial score (nSPS) is 28.9. The first-order valence-electron chi connectivity index (χ1n) is 4.09. The molecule has 60 valence electrons. The third-order valence-corrected chi connectivity index (χ3v) is 2.25. The fourth-order valence-electron chi connectivity index (χ4n) is 1.34. The molecule has 1 fully saturated rings. The summed E-state index contributed by atoms with van der Waals surface area (Å²) >= 11 is 0. The average Bonchev–Trinajstić information content (AvgIpc) is 2.59. The topological polar surface area (TPSA) is 43.8 Å². The van der Waals surface area contributed by atoms with Gasteiger partial charge in [-0.3, -0.25) is 4.68 Å². The maximum Gasteiger partial charge on any atom is 0.0525 e. The maximum atomic E-state index is 5.71. The van der Waals surface area contributed by atoms with E-state index < -0.39 is 0 Å². The van der Waals surface area contributed by atoms with Crippen molar-refractivity contribution in [2.75, 3.05) is 0 Å². The van der Waals surface area contributed by atoms with E-state index in [1.54, 1.807) is 0 Å². The summed E-state index contributed by atoms with van der Waals surface area (Å²) in [6.07, 6.45) is 5.16. The lowest BCUT2D eigenvalue weighted by atomic mass is 10.2. The molecule has 0 unspecified atom stereocenters. The molecule has 0 spiro atoms. The minimum atomic E-state index is 0.393. The number of nitrogens with zero attached hydrogens (tertiary/aromatic N) is 2. The van der Waals surface area contributed by atoms with E-state index >= 15 is 0 Å². The van der Waals surface area contributed by atoms with Crippen LogP contribution in [0.15, 0.2) is 12.4 Å². The number of rotatable bonds is 2. The first-order chi connectivity index (χ1) is 5.31. The van der Waals surface area contributed by atoms with Gasteiger partial charge in [0.25, 0.3) is 0 Å². The van der Waals surface area contributed by atoms with E-state index in [2.05, 4.69) is 18.2 Å². The molecule has 0 aromatic carbocycles. The van der Waals surface area contributed by atoms with E-state index in [1.807, 2.05) is 10.9 Å². The Morgan fingerprint density at radius 2 is 2.55 bits per heavy atom. The van der Waals surface area contributed by atoms with Crippen LogP contribution in [0.1, 0.15) is 24.8 Å². The Balaban J connectivity index is 2.13. The van der Waals surface area contributed by atoms with Gasteiger partial charge in [0.2, 0.25) is 0 Å². The average molecular weight is 151 g/mol. The summed E-state index contributed by atoms with van der Waals surface area (Å²) in [4.78, 5) is 0. The largest absolute Gasteiger partial charge is 0.327 e. The molecule has 3 nitrogen and oxygen atoms in total. The second kappa shape index (κ2) is 2.34. The van der Waals surface area contributed by atoms with E-state index in [1.165, 1.54) is 5.56 Å². The number of aromatic nitrogens is 2. The molecule has 1 aliphatic rings. The summed E-state index contributed by atoms with van der Waals surface area (Å²) in [6.45, 7) is 3.03. The molecule has 1 aromatic heterocycles. The minimum Gasteiger partial charge on any atom is -0.327 e. The molecule has 3 heteroatoms. The zero-order valence-electron chi connectivity index (χ0n) is 6.70. The lowest BCUT2D eigenvalue weighted by Crippen LogP contribution is -2.00. The number of nitrogens with two attached hydrogens (primary N) is 1. The second-order valence-corrected chi connectivity index (χ2v) is 3.14. The van der Waals surface area contributed by atoms with Crippen molar-refractivity contribution in [3.8, 4) is 0 Å². The summed E-state index contributed by atoms with van der Waals surface area (Å²) in [5, 5.41) is 4.19. The SMILES string of the molecule is CCn1cc([C@@H]2C[C@H]2N)cn1. The Bertz CT molecular complexity index is 254. The molecule has 2 rings (SSSR count). The summed E-state index contributed by atoms with van der Waals surface area (Å²) in [7, 11) is 0. The van der Waals surface area contributed by atoms with Gasteiger partial charge >= 0.3 is 0 Å². The van der Waals surface area contributed by atoms with E-state index in [0.29, 0.717) is 12.0 Å². The molecule has 0 radical (unpaired) electrons. The van der Waals surface area contributed by atoms with Crippen molar-refractivity contribution in [3.05, 3.63) is 18.0 Å². The Morgan fingerprint density at radius 1 is 1.82 bits per heavy atom. The molecule has 0 amide bonds. The van der Waals surface area contributed by atoms with Gasteiger partial charge in [0.15, 0.2) is 0 Å².